The second-order valence-corrected chi connectivity index (χ2v) is 4.33. The number of hydrogen-bond acceptors (Lipinski definition) is 4. The predicted octanol–water partition coefficient (Wildman–Crippen LogP) is 1.64. The van der Waals surface area contributed by atoms with Crippen LogP contribution in [0.25, 0.3) is 0 Å². The van der Waals surface area contributed by atoms with Gasteiger partial charge in [-0.2, -0.15) is 0 Å². The van der Waals surface area contributed by atoms with E-state index in [2.05, 4.69) is 4.99 Å². The Labute approximate surface area is 97.3 Å². The highest BCUT2D eigenvalue weighted by molar-refractivity contribution is 8.14. The van der Waals surface area contributed by atoms with Crippen molar-refractivity contribution >= 4 is 22.8 Å². The van der Waals surface area contributed by atoms with E-state index in [1.807, 2.05) is 12.1 Å². The first-order chi connectivity index (χ1) is 7.75. The predicted molar refractivity (Wildman–Crippen MR) is 63.4 cm³/mol. The van der Waals surface area contributed by atoms with Crippen LogP contribution in [0.15, 0.2) is 29.3 Å². The summed E-state index contributed by atoms with van der Waals surface area (Å²) in [7, 11) is 0. The summed E-state index contributed by atoms with van der Waals surface area (Å²) in [5, 5.41) is 9.50. The molecule has 0 aromatic heterocycles. The number of nitrogens with zero attached hydrogens (tertiary/aromatic N) is 1. The third kappa shape index (κ3) is 2.76. The van der Waals surface area contributed by atoms with Gasteiger partial charge in [-0.05, 0) is 24.3 Å². The van der Waals surface area contributed by atoms with Gasteiger partial charge in [0, 0.05) is 17.9 Å². The van der Waals surface area contributed by atoms with Crippen molar-refractivity contribution in [2.75, 3.05) is 18.9 Å². The van der Waals surface area contributed by atoms with Crippen LogP contribution in [-0.2, 0) is 4.79 Å². The van der Waals surface area contributed by atoms with Crippen LogP contribution >= 0.6 is 11.8 Å². The van der Waals surface area contributed by atoms with Crippen LogP contribution in [0.5, 0.6) is 5.75 Å². The smallest absolute Gasteiger partial charge is 0.341 e. The molecule has 1 N–H and O–H groups in total. The molecule has 0 aliphatic carbocycles. The average molecular weight is 237 g/mol. The van der Waals surface area contributed by atoms with Gasteiger partial charge < -0.3 is 9.84 Å². The fourth-order valence-electron chi connectivity index (χ4n) is 1.35. The van der Waals surface area contributed by atoms with E-state index in [0.717, 1.165) is 22.9 Å². The Morgan fingerprint density at radius 3 is 2.75 bits per heavy atom. The second kappa shape index (κ2) is 5.03. The molecule has 1 aromatic rings. The molecule has 0 bridgehead atoms. The molecule has 84 valence electrons. The summed E-state index contributed by atoms with van der Waals surface area (Å²) in [6.45, 7) is 0.562. The fourth-order valence-corrected chi connectivity index (χ4v) is 2.21. The first-order valence-electron chi connectivity index (χ1n) is 4.88. The first kappa shape index (κ1) is 11.0. The summed E-state index contributed by atoms with van der Waals surface area (Å²) < 4.78 is 5.04. The Hall–Kier alpha value is -1.49. The quantitative estimate of drug-likeness (QED) is 0.865. The van der Waals surface area contributed by atoms with E-state index in [1.165, 1.54) is 0 Å². The van der Waals surface area contributed by atoms with Crippen LogP contribution in [0.3, 0.4) is 0 Å². The number of carboxylic acid groups (broad SMARTS) is 1. The van der Waals surface area contributed by atoms with Crippen molar-refractivity contribution in [3.8, 4) is 5.75 Å². The molecular weight excluding hydrogens is 226 g/mol. The summed E-state index contributed by atoms with van der Waals surface area (Å²) >= 11 is 1.73. The number of aliphatic imine (C=N–C) groups is 1. The highest BCUT2D eigenvalue weighted by atomic mass is 32.2. The number of aliphatic carboxylic acids is 1. The lowest BCUT2D eigenvalue weighted by Gasteiger charge is -2.04. The van der Waals surface area contributed by atoms with Gasteiger partial charge in [0.25, 0.3) is 0 Å². The topological polar surface area (TPSA) is 58.9 Å². The monoisotopic (exact) mass is 237 g/mol. The molecule has 0 radical (unpaired) electrons. The van der Waals surface area contributed by atoms with Crippen molar-refractivity contribution in [3.63, 3.8) is 0 Å². The zero-order chi connectivity index (χ0) is 11.4. The highest BCUT2D eigenvalue weighted by Gasteiger charge is 2.09. The Morgan fingerprint density at radius 1 is 1.44 bits per heavy atom. The summed E-state index contributed by atoms with van der Waals surface area (Å²) in [5.74, 6) is 0.626. The molecule has 1 heterocycles. The molecule has 4 nitrogen and oxygen atoms in total. The number of rotatable bonds is 4. The van der Waals surface area contributed by atoms with E-state index >= 15 is 0 Å². The number of thioether (sulfide) groups is 1. The minimum absolute atomic E-state index is 0.310. The van der Waals surface area contributed by atoms with E-state index < -0.39 is 5.97 Å². The van der Waals surface area contributed by atoms with E-state index in [-0.39, 0.29) is 6.61 Å². The average Bonchev–Trinajstić information content (AvgIpc) is 2.80. The number of ether oxygens (including phenoxy) is 1. The van der Waals surface area contributed by atoms with Crippen LogP contribution in [0, 0.1) is 0 Å². The third-order valence-corrected chi connectivity index (χ3v) is 3.07. The van der Waals surface area contributed by atoms with Crippen LogP contribution in [0.4, 0.5) is 0 Å². The Kier molecular flexibility index (Phi) is 3.46. The van der Waals surface area contributed by atoms with Crippen molar-refractivity contribution in [1.82, 2.24) is 0 Å². The molecule has 5 heteroatoms. The minimum atomic E-state index is -0.972. The standard InChI is InChI=1S/C11H11NO3S/c13-10(14)7-15-9-3-1-8(2-4-9)11-12-5-6-16-11/h1-4H,5-7H2,(H,13,14). The Balaban J connectivity index is 2.01. The van der Waals surface area contributed by atoms with Gasteiger partial charge in [0.05, 0.1) is 5.04 Å². The second-order valence-electron chi connectivity index (χ2n) is 3.24. The molecule has 0 atom stereocenters. The maximum Gasteiger partial charge on any atom is 0.341 e. The molecule has 1 aromatic carbocycles. The normalized spacial score (nSPS) is 14.6. The third-order valence-electron chi connectivity index (χ3n) is 2.05. The molecule has 2 rings (SSSR count). The summed E-state index contributed by atoms with van der Waals surface area (Å²) in [6, 6.07) is 7.32. The maximum absolute atomic E-state index is 10.3. The summed E-state index contributed by atoms with van der Waals surface area (Å²) in [6.07, 6.45) is 0. The van der Waals surface area contributed by atoms with Crippen molar-refractivity contribution in [2.45, 2.75) is 0 Å². The SMILES string of the molecule is O=C(O)COc1ccc(C2=NCCS2)cc1. The fraction of sp³-hybridized carbons (Fsp3) is 0.273. The molecule has 0 saturated carbocycles. The lowest BCUT2D eigenvalue weighted by atomic mass is 10.2. The number of benzene rings is 1. The van der Waals surface area contributed by atoms with E-state index in [9.17, 15) is 4.79 Å². The van der Waals surface area contributed by atoms with Gasteiger partial charge in [-0.15, -0.1) is 11.8 Å². The van der Waals surface area contributed by atoms with Gasteiger partial charge in [0.1, 0.15) is 5.75 Å². The Morgan fingerprint density at radius 2 is 2.19 bits per heavy atom. The zero-order valence-electron chi connectivity index (χ0n) is 8.55. The van der Waals surface area contributed by atoms with Crippen molar-refractivity contribution < 1.29 is 14.6 Å². The Bertz CT molecular complexity index is 414. The number of carboxylic acids is 1. The van der Waals surface area contributed by atoms with E-state index in [1.54, 1.807) is 23.9 Å². The molecule has 0 fully saturated rings. The van der Waals surface area contributed by atoms with Crippen molar-refractivity contribution in [2.24, 2.45) is 4.99 Å². The number of hydrogen-bond donors (Lipinski definition) is 1. The minimum Gasteiger partial charge on any atom is -0.482 e. The van der Waals surface area contributed by atoms with Crippen molar-refractivity contribution in [1.29, 1.82) is 0 Å². The molecule has 0 saturated heterocycles. The largest absolute Gasteiger partial charge is 0.482 e. The highest BCUT2D eigenvalue weighted by Crippen LogP contribution is 2.21. The molecular formula is C11H11NO3S. The lowest BCUT2D eigenvalue weighted by Crippen LogP contribution is -2.09. The van der Waals surface area contributed by atoms with E-state index in [4.69, 9.17) is 9.84 Å². The van der Waals surface area contributed by atoms with Gasteiger partial charge in [0.15, 0.2) is 6.61 Å². The molecule has 16 heavy (non-hydrogen) atoms. The van der Waals surface area contributed by atoms with Crippen molar-refractivity contribution in [3.05, 3.63) is 29.8 Å². The summed E-state index contributed by atoms with van der Waals surface area (Å²) in [4.78, 5) is 14.7. The first-order valence-corrected chi connectivity index (χ1v) is 5.86. The van der Waals surface area contributed by atoms with Gasteiger partial charge in [-0.1, -0.05) is 0 Å². The van der Waals surface area contributed by atoms with Gasteiger partial charge in [0.2, 0.25) is 0 Å². The maximum atomic E-state index is 10.3. The molecule has 0 amide bonds. The lowest BCUT2D eigenvalue weighted by molar-refractivity contribution is -0.139. The van der Waals surface area contributed by atoms with Gasteiger partial charge >= 0.3 is 5.97 Å². The number of carbonyl (C=O) groups is 1. The van der Waals surface area contributed by atoms with E-state index in [0.29, 0.717) is 5.75 Å². The van der Waals surface area contributed by atoms with Crippen LogP contribution in [0.2, 0.25) is 0 Å². The molecule has 0 unspecified atom stereocenters. The zero-order valence-corrected chi connectivity index (χ0v) is 9.37. The molecule has 1 aliphatic rings. The van der Waals surface area contributed by atoms with Gasteiger partial charge in [-0.25, -0.2) is 4.79 Å². The van der Waals surface area contributed by atoms with Crippen LogP contribution in [0.1, 0.15) is 5.56 Å². The van der Waals surface area contributed by atoms with Gasteiger partial charge in [-0.3, -0.25) is 4.99 Å². The summed E-state index contributed by atoms with van der Waals surface area (Å²) in [5.41, 5.74) is 1.06. The van der Waals surface area contributed by atoms with Crippen LogP contribution < -0.4 is 4.74 Å². The van der Waals surface area contributed by atoms with Crippen LogP contribution in [-0.4, -0.2) is 35.0 Å². The molecule has 0 spiro atoms. The molecule has 1 aliphatic heterocycles.